The minimum absolute atomic E-state index is 0.418. The molecule has 1 unspecified atom stereocenters. The number of aromatic nitrogens is 1. The van der Waals surface area contributed by atoms with Crippen molar-refractivity contribution in [1.82, 2.24) is 10.3 Å². The summed E-state index contributed by atoms with van der Waals surface area (Å²) in [5, 5.41) is 6.16. The Morgan fingerprint density at radius 1 is 1.23 bits per heavy atom. The molecule has 0 aromatic carbocycles. The molecule has 1 aromatic heterocycles. The topological polar surface area (TPSA) is 54.0 Å². The van der Waals surface area contributed by atoms with E-state index in [2.05, 4.69) is 66.9 Å². The summed E-state index contributed by atoms with van der Waals surface area (Å²) in [6.45, 7) is 8.64. The van der Waals surface area contributed by atoms with E-state index in [-0.39, 0.29) is 0 Å². The van der Waals surface area contributed by atoms with E-state index in [0.29, 0.717) is 18.3 Å². The van der Waals surface area contributed by atoms with Crippen molar-refractivity contribution in [1.29, 1.82) is 0 Å². The van der Waals surface area contributed by atoms with Crippen molar-refractivity contribution >= 4 is 18.3 Å². The molecule has 1 amide bonds. The monoisotopic (exact) mass is 421 g/mol. The first-order valence-electron chi connectivity index (χ1n) is 11.8. The molecular formula is C27H39N3O. The van der Waals surface area contributed by atoms with Crippen LogP contribution in [0.3, 0.4) is 0 Å². The number of carbonyl (C=O) groups is 1. The minimum atomic E-state index is 0.418. The normalized spacial score (nSPS) is 17.8. The molecule has 0 saturated heterocycles. The molecule has 1 saturated carbocycles. The predicted molar refractivity (Wildman–Crippen MR) is 133 cm³/mol. The molecule has 0 bridgehead atoms. The Labute approximate surface area is 188 Å². The second-order valence-corrected chi connectivity index (χ2v) is 8.36. The molecule has 1 aromatic rings. The zero-order chi connectivity index (χ0) is 22.5. The van der Waals surface area contributed by atoms with Crippen LogP contribution in [-0.2, 0) is 4.79 Å². The van der Waals surface area contributed by atoms with Crippen LogP contribution in [0.4, 0.5) is 5.82 Å². The van der Waals surface area contributed by atoms with Crippen molar-refractivity contribution < 1.29 is 4.79 Å². The van der Waals surface area contributed by atoms with Crippen molar-refractivity contribution in [3.8, 4) is 0 Å². The van der Waals surface area contributed by atoms with Gasteiger partial charge in [0.15, 0.2) is 0 Å². The van der Waals surface area contributed by atoms with Gasteiger partial charge in [0.1, 0.15) is 5.82 Å². The molecule has 2 aliphatic rings. The smallest absolute Gasteiger partial charge is 0.212 e. The van der Waals surface area contributed by atoms with Gasteiger partial charge < -0.3 is 10.6 Å². The quantitative estimate of drug-likeness (QED) is 0.320. The summed E-state index contributed by atoms with van der Waals surface area (Å²) < 4.78 is 0. The largest absolute Gasteiger partial charge is 0.384 e. The van der Waals surface area contributed by atoms with Crippen LogP contribution in [-0.4, -0.2) is 17.4 Å². The predicted octanol–water partition coefficient (Wildman–Crippen LogP) is 6.86. The minimum Gasteiger partial charge on any atom is -0.384 e. The summed E-state index contributed by atoms with van der Waals surface area (Å²) in [6.07, 6.45) is 23.9. The lowest BCUT2D eigenvalue weighted by Crippen LogP contribution is -2.26. The Bertz CT molecular complexity index is 828. The van der Waals surface area contributed by atoms with Gasteiger partial charge in [-0.1, -0.05) is 70.6 Å². The fourth-order valence-electron chi connectivity index (χ4n) is 3.26. The zero-order valence-electron chi connectivity index (χ0n) is 19.7. The zero-order valence-corrected chi connectivity index (χ0v) is 19.7. The van der Waals surface area contributed by atoms with Crippen molar-refractivity contribution in [3.63, 3.8) is 0 Å². The van der Waals surface area contributed by atoms with Crippen molar-refractivity contribution in [2.75, 3.05) is 5.32 Å². The molecular weight excluding hydrogens is 382 g/mol. The number of nitrogens with zero attached hydrogens (tertiary/aromatic N) is 1. The third-order valence-electron chi connectivity index (χ3n) is 5.27. The maximum atomic E-state index is 10.6. The Kier molecular flexibility index (Phi) is 10.8. The van der Waals surface area contributed by atoms with E-state index in [4.69, 9.17) is 0 Å². The van der Waals surface area contributed by atoms with Gasteiger partial charge in [-0.2, -0.15) is 0 Å². The number of aryl methyl sites for hydroxylation is 1. The number of pyridine rings is 1. The van der Waals surface area contributed by atoms with Gasteiger partial charge in [0, 0.05) is 24.0 Å². The van der Waals surface area contributed by atoms with Crippen LogP contribution in [0.25, 0.3) is 6.08 Å². The number of nitrogens with one attached hydrogen (secondary N) is 2. The van der Waals surface area contributed by atoms with Crippen LogP contribution in [0.15, 0.2) is 53.4 Å². The number of unbranched alkanes of at least 4 members (excludes halogenated alkanes) is 2. The van der Waals surface area contributed by atoms with E-state index in [1.807, 2.05) is 19.2 Å². The van der Waals surface area contributed by atoms with E-state index in [1.54, 1.807) is 0 Å². The molecule has 2 N–H and O–H groups in total. The number of rotatable bonds is 10. The molecule has 1 aliphatic carbocycles. The third kappa shape index (κ3) is 8.95. The Morgan fingerprint density at radius 3 is 2.58 bits per heavy atom. The van der Waals surface area contributed by atoms with Crippen molar-refractivity contribution in [2.24, 2.45) is 0 Å². The van der Waals surface area contributed by atoms with E-state index in [0.717, 1.165) is 30.4 Å². The van der Waals surface area contributed by atoms with Crippen LogP contribution in [0, 0.1) is 6.92 Å². The first-order valence-corrected chi connectivity index (χ1v) is 11.8. The number of amides is 1. The number of hydrogen-bond donors (Lipinski definition) is 2. The van der Waals surface area contributed by atoms with E-state index in [1.165, 1.54) is 48.8 Å². The van der Waals surface area contributed by atoms with E-state index in [9.17, 15) is 4.79 Å². The maximum absolute atomic E-state index is 10.6. The van der Waals surface area contributed by atoms with Gasteiger partial charge in [-0.25, -0.2) is 4.98 Å². The second kappa shape index (κ2) is 13.6. The Morgan fingerprint density at radius 2 is 2.00 bits per heavy atom. The van der Waals surface area contributed by atoms with Gasteiger partial charge in [0.25, 0.3) is 0 Å². The van der Waals surface area contributed by atoms with Crippen molar-refractivity contribution in [2.45, 2.75) is 85.1 Å². The van der Waals surface area contributed by atoms with Gasteiger partial charge in [-0.3, -0.25) is 4.79 Å². The average molecular weight is 422 g/mol. The molecule has 4 heteroatoms. The van der Waals surface area contributed by atoms with Gasteiger partial charge in [0.2, 0.25) is 6.41 Å². The molecule has 1 aliphatic heterocycles. The number of hydrogen-bond acceptors (Lipinski definition) is 3. The molecule has 2 heterocycles. The summed E-state index contributed by atoms with van der Waals surface area (Å²) in [7, 11) is 0. The van der Waals surface area contributed by atoms with Crippen LogP contribution in [0.2, 0.25) is 0 Å². The van der Waals surface area contributed by atoms with Gasteiger partial charge in [-0.15, -0.1) is 0 Å². The average Bonchev–Trinajstić information content (AvgIpc) is 3.63. The molecule has 3 rings (SSSR count). The summed E-state index contributed by atoms with van der Waals surface area (Å²) in [5.41, 5.74) is 5.82. The highest BCUT2D eigenvalue weighted by Gasteiger charge is 2.14. The lowest BCUT2D eigenvalue weighted by molar-refractivity contribution is -0.105. The number of dihydropyridines is 1. The number of allylic oxidation sites excluding steroid dienone is 5. The van der Waals surface area contributed by atoms with Gasteiger partial charge in [0.05, 0.1) is 0 Å². The van der Waals surface area contributed by atoms with Crippen LogP contribution >= 0.6 is 0 Å². The first kappa shape index (κ1) is 24.6. The lowest BCUT2D eigenvalue weighted by atomic mass is 9.92. The van der Waals surface area contributed by atoms with Crippen molar-refractivity contribution in [3.05, 3.63) is 64.5 Å². The lowest BCUT2D eigenvalue weighted by Gasteiger charge is -2.23. The molecule has 1 fully saturated rings. The fraction of sp³-hybridized carbons (Fsp3) is 0.481. The molecule has 31 heavy (non-hydrogen) atoms. The molecule has 168 valence electrons. The van der Waals surface area contributed by atoms with Crippen LogP contribution < -0.4 is 10.6 Å². The Hall–Kier alpha value is -2.62. The molecule has 4 nitrogen and oxygen atoms in total. The molecule has 1 atom stereocenters. The number of anilines is 1. The summed E-state index contributed by atoms with van der Waals surface area (Å²) in [4.78, 5) is 15.0. The highest BCUT2D eigenvalue weighted by atomic mass is 16.1. The molecule has 0 spiro atoms. The summed E-state index contributed by atoms with van der Waals surface area (Å²) in [6, 6.07) is 2.31. The second-order valence-electron chi connectivity index (χ2n) is 8.36. The van der Waals surface area contributed by atoms with Gasteiger partial charge >= 0.3 is 0 Å². The summed E-state index contributed by atoms with van der Waals surface area (Å²) in [5.74, 6) is 0.570. The number of carbonyl (C=O) groups excluding carboxylic acids is 1. The van der Waals surface area contributed by atoms with Crippen LogP contribution in [0.5, 0.6) is 0 Å². The third-order valence-corrected chi connectivity index (χ3v) is 5.27. The first-order chi connectivity index (χ1) is 15.1. The van der Waals surface area contributed by atoms with Gasteiger partial charge in [-0.05, 0) is 61.1 Å². The highest BCUT2D eigenvalue weighted by Crippen LogP contribution is 2.27. The maximum Gasteiger partial charge on any atom is 0.212 e. The Balaban J connectivity index is 0.00000104. The fourth-order valence-corrected chi connectivity index (χ4v) is 3.26. The molecule has 0 radical (unpaired) electrons. The SMILES string of the molecule is C1CC1.CCC/C=C/C(=C\c1cnc(NC=O)cc1C)C1=CNC(CCCC)C=C1C. The standard InChI is InChI=1S/C24H33N3O.C3H6/c1-5-7-9-10-20(14-21-15-26-24(27-17-28)13-18(21)3)23-16-25-22(11-8-6-2)12-19(23)4;1-2-3-1/h9-10,12-17,22,25H,5-8,11H2,1-4H3,(H,26,27,28);1-3H2/b10-9+,20-14+;. The summed E-state index contributed by atoms with van der Waals surface area (Å²) >= 11 is 0. The van der Waals surface area contributed by atoms with E-state index < -0.39 is 0 Å². The van der Waals surface area contributed by atoms with Crippen LogP contribution in [0.1, 0.15) is 83.3 Å². The highest BCUT2D eigenvalue weighted by molar-refractivity contribution is 5.72. The van der Waals surface area contributed by atoms with E-state index >= 15 is 0 Å².